The van der Waals surface area contributed by atoms with Crippen LogP contribution < -0.4 is 16.0 Å². The SMILES string of the molecule is Cc1cc(Nc2nc(Nc3cccc(S(=O)(=O)CCOS(=O)(=O)O)c3)nc(Nc3cc(S(=O)(=O)O)ccc3S(=O)(=O)O)n2)ccc1N=Nc1ccc(N=Nc2ccccc2S(=O)(=O)O)c2ccc(S(=O)(=O)O)cc12. The molecule has 8 N–H and O–H groups in total. The molecule has 7 rings (SSSR count). The minimum Gasteiger partial charge on any atom is -0.324 e. The number of anilines is 6. The first kappa shape index (κ1) is 54.4. The molecule has 1 heterocycles. The lowest BCUT2D eigenvalue weighted by Gasteiger charge is -2.14. The van der Waals surface area contributed by atoms with E-state index in [-0.39, 0.29) is 61.7 Å². The number of fused-ring (bicyclic) bond motifs is 1. The van der Waals surface area contributed by atoms with Crippen LogP contribution in [0.2, 0.25) is 0 Å². The van der Waals surface area contributed by atoms with E-state index in [9.17, 15) is 68.7 Å². The molecular weight excluding hydrogens is 1100 g/mol. The van der Waals surface area contributed by atoms with Crippen LogP contribution in [0.3, 0.4) is 0 Å². The highest BCUT2D eigenvalue weighted by atomic mass is 32.3. The lowest BCUT2D eigenvalue weighted by atomic mass is 10.1. The minimum absolute atomic E-state index is 0.00454. The van der Waals surface area contributed by atoms with Crippen LogP contribution in [0.4, 0.5) is 57.7 Å². The van der Waals surface area contributed by atoms with Crippen molar-refractivity contribution >= 4 is 129 Å². The molecule has 6 aromatic carbocycles. The Labute approximate surface area is 420 Å². The van der Waals surface area contributed by atoms with Crippen molar-refractivity contribution in [3.8, 4) is 0 Å². The molecule has 388 valence electrons. The second-order valence-corrected chi connectivity index (χ2v) is 23.8. The number of aromatic nitrogens is 3. The number of nitrogens with zero attached hydrogens (tertiary/aromatic N) is 7. The lowest BCUT2D eigenvalue weighted by Crippen LogP contribution is -2.15. The van der Waals surface area contributed by atoms with Gasteiger partial charge in [0, 0.05) is 22.1 Å². The molecule has 0 aliphatic heterocycles. The second-order valence-electron chi connectivity index (χ2n) is 15.0. The summed E-state index contributed by atoms with van der Waals surface area (Å²) in [5.74, 6) is -2.10. The normalized spacial score (nSPS) is 12.9. The highest BCUT2D eigenvalue weighted by molar-refractivity contribution is 7.91. The van der Waals surface area contributed by atoms with Gasteiger partial charge in [0.15, 0.2) is 9.84 Å². The largest absolute Gasteiger partial charge is 0.397 e. The molecule has 0 fully saturated rings. The number of rotatable bonds is 19. The van der Waals surface area contributed by atoms with E-state index in [2.05, 4.69) is 55.5 Å². The molecule has 0 saturated heterocycles. The molecule has 0 radical (unpaired) electrons. The summed E-state index contributed by atoms with van der Waals surface area (Å²) in [7, 11) is -28.6. The summed E-state index contributed by atoms with van der Waals surface area (Å²) in [6, 6.07) is 23.0. The standard InChI is InChI=1S/C40H34N10O18S6/c1-23-19-25(9-13-31(23)47-49-33-15-14-32(29-12-10-27(21-30(29)33)70(53,54)55)48-50-34-7-2-3-8-36(34)72(59,60)61)42-39-44-38(41-24-5-4-6-26(20-24)69(51,52)18-17-68-74(65,66)67)45-40(46-39)43-35-22-28(71(56,57)58)11-16-37(35)73(62,63)64/h2-16,19-22H,17-18H2,1H3,(H,53,54,55)(H,56,57,58)(H,59,60,61)(H,62,63,64)(H,65,66,67)(H3,41,42,43,44,45,46). The molecule has 7 aromatic rings. The third kappa shape index (κ3) is 13.8. The quantitative estimate of drug-likeness (QED) is 0.0299. The zero-order valence-electron chi connectivity index (χ0n) is 37.0. The predicted molar refractivity (Wildman–Crippen MR) is 261 cm³/mol. The van der Waals surface area contributed by atoms with Crippen molar-refractivity contribution in [2.75, 3.05) is 28.3 Å². The van der Waals surface area contributed by atoms with Crippen LogP contribution in [0.5, 0.6) is 0 Å². The van der Waals surface area contributed by atoms with Gasteiger partial charge in [-0.25, -0.2) is 12.6 Å². The van der Waals surface area contributed by atoms with E-state index in [0.29, 0.717) is 23.8 Å². The second kappa shape index (κ2) is 20.9. The Morgan fingerprint density at radius 2 is 0.986 bits per heavy atom. The predicted octanol–water partition coefficient (Wildman–Crippen LogP) is 6.97. The van der Waals surface area contributed by atoms with Gasteiger partial charge < -0.3 is 16.0 Å². The van der Waals surface area contributed by atoms with Gasteiger partial charge in [-0.1, -0.05) is 24.3 Å². The van der Waals surface area contributed by atoms with Crippen LogP contribution in [-0.4, -0.2) is 101 Å². The smallest absolute Gasteiger partial charge is 0.324 e. The van der Waals surface area contributed by atoms with Gasteiger partial charge >= 0.3 is 10.4 Å². The minimum atomic E-state index is -5.07. The van der Waals surface area contributed by atoms with E-state index < -0.39 is 104 Å². The molecule has 28 nitrogen and oxygen atoms in total. The van der Waals surface area contributed by atoms with Crippen molar-refractivity contribution in [1.82, 2.24) is 15.0 Å². The number of hydrogen-bond donors (Lipinski definition) is 8. The van der Waals surface area contributed by atoms with E-state index >= 15 is 0 Å². The first-order valence-corrected chi connectivity index (χ1v) is 28.9. The number of azo groups is 2. The maximum atomic E-state index is 13.0. The topological polar surface area (TPSA) is 439 Å². The molecule has 74 heavy (non-hydrogen) atoms. The Morgan fingerprint density at radius 3 is 1.58 bits per heavy atom. The summed E-state index contributed by atoms with van der Waals surface area (Å²) in [5, 5.41) is 25.1. The molecule has 0 saturated carbocycles. The number of sulfone groups is 1. The number of aryl methyl sites for hydroxylation is 1. The summed E-state index contributed by atoms with van der Waals surface area (Å²) in [5.41, 5.74) is 0.271. The zero-order valence-corrected chi connectivity index (χ0v) is 41.9. The maximum Gasteiger partial charge on any atom is 0.397 e. The number of nitrogens with one attached hydrogen (secondary N) is 3. The molecular formula is C40H34N10O18S6. The van der Waals surface area contributed by atoms with Gasteiger partial charge in [0.1, 0.15) is 15.5 Å². The lowest BCUT2D eigenvalue weighted by molar-refractivity contribution is 0.284. The number of benzene rings is 6. The van der Waals surface area contributed by atoms with Crippen molar-refractivity contribution in [2.45, 2.75) is 31.4 Å². The third-order valence-electron chi connectivity index (χ3n) is 9.81. The Bertz CT molecular complexity index is 4170. The van der Waals surface area contributed by atoms with Gasteiger partial charge in [-0.2, -0.15) is 62.2 Å². The molecule has 34 heteroatoms. The average molecular weight is 1140 g/mol. The molecule has 0 spiro atoms. The first-order chi connectivity index (χ1) is 34.4. The summed E-state index contributed by atoms with van der Waals surface area (Å²) >= 11 is 0. The molecule has 0 bridgehead atoms. The van der Waals surface area contributed by atoms with Crippen LogP contribution in [-0.2, 0) is 64.9 Å². The van der Waals surface area contributed by atoms with Crippen LogP contribution in [0.15, 0.2) is 160 Å². The Morgan fingerprint density at radius 1 is 0.459 bits per heavy atom. The highest BCUT2D eigenvalue weighted by Gasteiger charge is 2.23. The highest BCUT2D eigenvalue weighted by Crippen LogP contribution is 2.38. The van der Waals surface area contributed by atoms with E-state index in [0.717, 1.165) is 24.3 Å². The van der Waals surface area contributed by atoms with Crippen LogP contribution in [0, 0.1) is 6.92 Å². The van der Waals surface area contributed by atoms with E-state index in [1.54, 1.807) is 6.92 Å². The van der Waals surface area contributed by atoms with Crippen molar-refractivity contribution in [2.24, 2.45) is 20.5 Å². The van der Waals surface area contributed by atoms with Crippen molar-refractivity contribution in [3.05, 3.63) is 121 Å². The maximum absolute atomic E-state index is 13.0. The van der Waals surface area contributed by atoms with Gasteiger partial charge in [0.2, 0.25) is 17.8 Å². The fraction of sp³-hybridized carbons (Fsp3) is 0.0750. The van der Waals surface area contributed by atoms with Crippen LogP contribution in [0.25, 0.3) is 10.8 Å². The van der Waals surface area contributed by atoms with Gasteiger partial charge in [0.05, 0.1) is 49.8 Å². The monoisotopic (exact) mass is 1130 g/mol. The number of hydrogen-bond acceptors (Lipinski definition) is 23. The van der Waals surface area contributed by atoms with Gasteiger partial charge in [-0.3, -0.25) is 22.8 Å². The van der Waals surface area contributed by atoms with Crippen molar-refractivity contribution in [3.63, 3.8) is 0 Å². The molecule has 0 atom stereocenters. The molecule has 0 aliphatic rings. The Balaban J connectivity index is 1.23. The molecule has 0 unspecified atom stereocenters. The zero-order chi connectivity index (χ0) is 54.0. The molecule has 0 amide bonds. The van der Waals surface area contributed by atoms with Crippen LogP contribution in [0.1, 0.15) is 5.56 Å². The van der Waals surface area contributed by atoms with Gasteiger partial charge in [-0.05, 0) is 103 Å². The Hall–Kier alpha value is -7.35. The van der Waals surface area contributed by atoms with E-state index in [1.807, 2.05) is 0 Å². The van der Waals surface area contributed by atoms with Crippen LogP contribution >= 0.6 is 0 Å². The summed E-state index contributed by atoms with van der Waals surface area (Å²) in [6.07, 6.45) is 0. The fourth-order valence-electron chi connectivity index (χ4n) is 6.50. The summed E-state index contributed by atoms with van der Waals surface area (Å²) in [4.78, 5) is 9.60. The average Bonchev–Trinajstić information content (AvgIpc) is 3.29. The van der Waals surface area contributed by atoms with Gasteiger partial charge in [0.25, 0.3) is 40.5 Å². The van der Waals surface area contributed by atoms with Crippen molar-refractivity contribution in [1.29, 1.82) is 0 Å². The molecule has 0 aliphatic carbocycles. The Kier molecular flexibility index (Phi) is 15.4. The first-order valence-electron chi connectivity index (χ1n) is 20.1. The third-order valence-corrected chi connectivity index (χ3v) is 15.5. The van der Waals surface area contributed by atoms with Gasteiger partial charge in [-0.15, -0.1) is 15.3 Å². The van der Waals surface area contributed by atoms with E-state index in [1.165, 1.54) is 72.8 Å². The summed E-state index contributed by atoms with van der Waals surface area (Å²) < 4.78 is 197. The van der Waals surface area contributed by atoms with E-state index in [4.69, 9.17) is 4.55 Å². The molecule has 1 aromatic heterocycles. The fourth-order valence-corrected chi connectivity index (χ4v) is 10.3. The summed E-state index contributed by atoms with van der Waals surface area (Å²) in [6.45, 7) is 0.692. The van der Waals surface area contributed by atoms with Crippen molar-refractivity contribution < 1.29 is 77.5 Å².